The number of ether oxygens (including phenoxy) is 1. The van der Waals surface area contributed by atoms with Crippen molar-refractivity contribution in [3.63, 3.8) is 0 Å². The van der Waals surface area contributed by atoms with Gasteiger partial charge in [-0.25, -0.2) is 4.98 Å². The number of aromatic nitrogens is 1. The molecule has 0 bridgehead atoms. The third kappa shape index (κ3) is 1.89. The number of hydrogen-bond donors (Lipinski definition) is 1. The minimum atomic E-state index is -3.08. The van der Waals surface area contributed by atoms with Crippen molar-refractivity contribution < 1.29 is 15.7 Å². The van der Waals surface area contributed by atoms with Gasteiger partial charge in [-0.1, -0.05) is 0 Å². The van der Waals surface area contributed by atoms with Gasteiger partial charge in [-0.3, -0.25) is 0 Å². The summed E-state index contributed by atoms with van der Waals surface area (Å²) < 4.78 is 66.1. The van der Waals surface area contributed by atoms with Gasteiger partial charge >= 0.3 is 0 Å². The van der Waals surface area contributed by atoms with Crippen LogP contribution in [0.3, 0.4) is 0 Å². The lowest BCUT2D eigenvalue weighted by Gasteiger charge is -2.28. The molecule has 0 spiro atoms. The number of hydrogen-bond acceptors (Lipinski definition) is 4. The minimum absolute atomic E-state index is 0.0354. The molecule has 0 aromatic carbocycles. The van der Waals surface area contributed by atoms with Gasteiger partial charge < -0.3 is 15.4 Å². The molecule has 0 unspecified atom stereocenters. The fourth-order valence-electron chi connectivity index (χ4n) is 0.895. The number of nitrogen functional groups attached to an aromatic ring is 1. The van der Waals surface area contributed by atoms with E-state index in [1.807, 2.05) is 0 Å². The average Bonchev–Trinajstić information content (AvgIpc) is 2.24. The molecule has 1 fully saturated rings. The maximum Gasteiger partial charge on any atom is 0.125 e. The molecule has 2 heterocycles. The van der Waals surface area contributed by atoms with E-state index in [4.69, 9.17) is 16.7 Å². The second kappa shape index (κ2) is 3.62. The first-order chi connectivity index (χ1) is 9.33. The van der Waals surface area contributed by atoms with E-state index in [-0.39, 0.29) is 11.5 Å². The zero-order valence-electron chi connectivity index (χ0n) is 14.6. The first-order valence-corrected chi connectivity index (χ1v) is 3.55. The van der Waals surface area contributed by atoms with E-state index in [0.29, 0.717) is 4.90 Å². The molecule has 0 amide bonds. The van der Waals surface area contributed by atoms with Gasteiger partial charge in [0.05, 0.1) is 24.1 Å². The van der Waals surface area contributed by atoms with Crippen molar-refractivity contribution in [3.8, 4) is 0 Å². The predicted molar refractivity (Wildman–Crippen MR) is 51.7 cm³/mol. The van der Waals surface area contributed by atoms with Crippen LogP contribution in [0.4, 0.5) is 11.5 Å². The smallest absolute Gasteiger partial charge is 0.125 e. The maximum atomic E-state index is 7.85. The number of rotatable bonds is 1. The number of morpholine rings is 1. The lowest BCUT2D eigenvalue weighted by molar-refractivity contribution is 0.122. The van der Waals surface area contributed by atoms with Crippen LogP contribution in [0.5, 0.6) is 0 Å². The highest BCUT2D eigenvalue weighted by atomic mass is 16.5. The van der Waals surface area contributed by atoms with E-state index >= 15 is 0 Å². The first-order valence-electron chi connectivity index (χ1n) is 7.55. The van der Waals surface area contributed by atoms with Crippen molar-refractivity contribution in [2.45, 2.75) is 0 Å². The van der Waals surface area contributed by atoms with Crippen molar-refractivity contribution >= 4 is 11.5 Å². The van der Waals surface area contributed by atoms with Crippen LogP contribution in [0.1, 0.15) is 11.0 Å². The van der Waals surface area contributed by atoms with Crippen LogP contribution < -0.4 is 10.6 Å². The standard InChI is InChI=1S/C9H13N3O/c10-9-7-8(1-2-11-9)12-3-5-13-6-4-12/h1-2,7H,3-6H2,(H2,10,11)/i3D2,4D2,5D2,6D2. The molecular weight excluding hydrogens is 166 g/mol. The van der Waals surface area contributed by atoms with Gasteiger partial charge in [-0.2, -0.15) is 0 Å². The van der Waals surface area contributed by atoms with E-state index in [1.54, 1.807) is 0 Å². The second-order valence-corrected chi connectivity index (χ2v) is 2.30. The number of nitrogens with zero attached hydrogens (tertiary/aromatic N) is 2. The molecule has 2 rings (SSSR count). The lowest BCUT2D eigenvalue weighted by Crippen LogP contribution is -2.36. The summed E-state index contributed by atoms with van der Waals surface area (Å²) in [6, 6.07) is 2.34. The SMILES string of the molecule is [2H]C1([2H])OC([2H])([2H])C([2H])([2H])N(c2ccnc(N)c2)C1([2H])[2H]. The molecule has 0 radical (unpaired) electrons. The molecule has 2 N–H and O–H groups in total. The Morgan fingerprint density at radius 1 is 1.54 bits per heavy atom. The van der Waals surface area contributed by atoms with Crippen molar-refractivity contribution in [2.75, 3.05) is 36.7 Å². The molecule has 0 atom stereocenters. The van der Waals surface area contributed by atoms with Gasteiger partial charge in [0.15, 0.2) is 0 Å². The molecular formula is C9H13N3O. The summed E-state index contributed by atoms with van der Waals surface area (Å²) in [7, 11) is 0. The largest absolute Gasteiger partial charge is 0.384 e. The average molecular weight is 187 g/mol. The lowest BCUT2D eigenvalue weighted by atomic mass is 10.3. The van der Waals surface area contributed by atoms with Crippen LogP contribution in [-0.2, 0) is 4.74 Å². The Bertz CT molecular complexity index is 538. The number of pyridine rings is 1. The van der Waals surface area contributed by atoms with Gasteiger partial charge in [0.1, 0.15) is 5.82 Å². The topological polar surface area (TPSA) is 51.4 Å². The zero-order chi connectivity index (χ0) is 16.3. The molecule has 70 valence electrons. The quantitative estimate of drug-likeness (QED) is 0.695. The van der Waals surface area contributed by atoms with Gasteiger partial charge in [-0.05, 0) is 6.07 Å². The molecule has 0 saturated carbocycles. The van der Waals surface area contributed by atoms with Gasteiger partial charge in [0.2, 0.25) is 0 Å². The molecule has 0 aliphatic carbocycles. The first kappa shape index (κ1) is 3.13. The number of nitrogens with two attached hydrogens (primary N) is 1. The molecule has 1 saturated heterocycles. The Morgan fingerprint density at radius 3 is 3.00 bits per heavy atom. The fourth-order valence-corrected chi connectivity index (χ4v) is 0.895. The fraction of sp³-hybridized carbons (Fsp3) is 0.444. The van der Waals surface area contributed by atoms with E-state index < -0.39 is 26.1 Å². The van der Waals surface area contributed by atoms with Crippen LogP contribution in [-0.4, -0.2) is 31.1 Å². The Morgan fingerprint density at radius 2 is 2.31 bits per heavy atom. The minimum Gasteiger partial charge on any atom is -0.384 e. The van der Waals surface area contributed by atoms with E-state index in [1.165, 1.54) is 12.3 Å². The van der Waals surface area contributed by atoms with Gasteiger partial charge in [0.25, 0.3) is 0 Å². The second-order valence-electron chi connectivity index (χ2n) is 2.30. The van der Waals surface area contributed by atoms with Crippen molar-refractivity contribution in [3.05, 3.63) is 18.3 Å². The highest BCUT2D eigenvalue weighted by Gasteiger charge is 2.10. The Hall–Kier alpha value is -1.29. The molecule has 4 heteroatoms. The summed E-state index contributed by atoms with van der Waals surface area (Å²) in [6.45, 7) is -12.1. The molecule has 1 aromatic rings. The van der Waals surface area contributed by atoms with Crippen molar-refractivity contribution in [2.24, 2.45) is 0 Å². The van der Waals surface area contributed by atoms with Crippen molar-refractivity contribution in [1.29, 1.82) is 0 Å². The molecule has 1 aromatic heterocycles. The van der Waals surface area contributed by atoms with Crippen LogP contribution >= 0.6 is 0 Å². The van der Waals surface area contributed by atoms with Gasteiger partial charge in [0, 0.05) is 30.9 Å². The molecule has 1 aliphatic rings. The van der Waals surface area contributed by atoms with E-state index in [2.05, 4.69) is 9.72 Å². The Labute approximate surface area is 88.6 Å². The third-order valence-corrected chi connectivity index (χ3v) is 1.44. The summed E-state index contributed by atoms with van der Waals surface area (Å²) in [4.78, 5) is 4.04. The van der Waals surface area contributed by atoms with Gasteiger partial charge in [-0.15, -0.1) is 0 Å². The summed E-state index contributed by atoms with van der Waals surface area (Å²) >= 11 is 0. The monoisotopic (exact) mass is 187 g/mol. The highest BCUT2D eigenvalue weighted by molar-refractivity contribution is 5.52. The normalized spacial score (nSPS) is 42.0. The summed E-state index contributed by atoms with van der Waals surface area (Å²) in [6.07, 6.45) is 1.19. The van der Waals surface area contributed by atoms with E-state index in [9.17, 15) is 0 Å². The highest BCUT2D eigenvalue weighted by Crippen LogP contribution is 2.16. The maximum absolute atomic E-state index is 7.85. The Kier molecular flexibility index (Phi) is 0.871. The zero-order valence-corrected chi connectivity index (χ0v) is 6.61. The Balaban J connectivity index is 2.67. The van der Waals surface area contributed by atoms with Crippen LogP contribution in [0, 0.1) is 0 Å². The molecule has 13 heavy (non-hydrogen) atoms. The van der Waals surface area contributed by atoms with E-state index in [0.717, 1.165) is 6.07 Å². The summed E-state index contributed by atoms with van der Waals surface area (Å²) in [5, 5.41) is 0. The molecule has 1 aliphatic heterocycles. The van der Waals surface area contributed by atoms with Crippen LogP contribution in [0.25, 0.3) is 0 Å². The summed E-state index contributed by atoms with van der Waals surface area (Å²) in [5.41, 5.74) is 5.33. The predicted octanol–water partition coefficient (Wildman–Crippen LogP) is 0.500. The van der Waals surface area contributed by atoms with Crippen molar-refractivity contribution in [1.82, 2.24) is 4.98 Å². The third-order valence-electron chi connectivity index (χ3n) is 1.44. The summed E-state index contributed by atoms with van der Waals surface area (Å²) in [5.74, 6) is -0.0354. The molecule has 4 nitrogen and oxygen atoms in total. The van der Waals surface area contributed by atoms with Crippen LogP contribution in [0.2, 0.25) is 0 Å². The van der Waals surface area contributed by atoms with Crippen LogP contribution in [0.15, 0.2) is 18.3 Å². The number of anilines is 2.